The van der Waals surface area contributed by atoms with Crippen LogP contribution in [0.1, 0.15) is 41.8 Å². The zero-order valence-corrected chi connectivity index (χ0v) is 12.6. The van der Waals surface area contributed by atoms with Crippen LogP contribution in [-0.2, 0) is 6.18 Å². The van der Waals surface area contributed by atoms with E-state index < -0.39 is 17.8 Å². The van der Waals surface area contributed by atoms with Crippen molar-refractivity contribution in [2.45, 2.75) is 31.2 Å². The smallest absolute Gasteiger partial charge is 0.417 e. The predicted molar refractivity (Wildman–Crippen MR) is 78.0 cm³/mol. The van der Waals surface area contributed by atoms with Gasteiger partial charge in [0, 0.05) is 18.3 Å². The van der Waals surface area contributed by atoms with Crippen LogP contribution in [0.5, 0.6) is 5.88 Å². The first-order valence-electron chi connectivity index (χ1n) is 6.96. The fourth-order valence-corrected chi connectivity index (χ4v) is 2.69. The molecule has 0 radical (unpaired) electrons. The van der Waals surface area contributed by atoms with E-state index in [4.69, 9.17) is 22.1 Å². The molecule has 0 bridgehead atoms. The molecule has 0 aliphatic heterocycles. The Morgan fingerprint density at radius 2 is 1.96 bits per heavy atom. The summed E-state index contributed by atoms with van der Waals surface area (Å²) in [5.74, 6) is 0.103. The van der Waals surface area contributed by atoms with Crippen LogP contribution >= 0.6 is 11.6 Å². The Balaban J connectivity index is 1.84. The van der Waals surface area contributed by atoms with E-state index in [1.807, 2.05) is 0 Å². The molecular weight excluding hydrogens is 331 g/mol. The molecule has 2 unspecified atom stereocenters. The molecule has 1 aliphatic rings. The lowest BCUT2D eigenvalue weighted by Gasteiger charge is -2.28. The number of hydrogen-bond donors (Lipinski definition) is 1. The predicted octanol–water partition coefficient (Wildman–Crippen LogP) is 4.06. The van der Waals surface area contributed by atoms with Gasteiger partial charge in [0.15, 0.2) is 0 Å². The van der Waals surface area contributed by atoms with Crippen molar-refractivity contribution in [1.29, 1.82) is 0 Å². The molecule has 0 aromatic carbocycles. The summed E-state index contributed by atoms with van der Waals surface area (Å²) in [5, 5.41) is 0.312. The summed E-state index contributed by atoms with van der Waals surface area (Å²) in [7, 11) is 0. The normalized spacial score (nSPS) is 20.9. The van der Waals surface area contributed by atoms with Crippen molar-refractivity contribution < 1.29 is 17.9 Å². The summed E-state index contributed by atoms with van der Waals surface area (Å²) < 4.78 is 43.3. The zero-order chi connectivity index (χ0) is 16.6. The molecule has 0 fully saturated rings. The van der Waals surface area contributed by atoms with E-state index in [2.05, 4.69) is 9.97 Å². The third-order valence-electron chi connectivity index (χ3n) is 3.69. The van der Waals surface area contributed by atoms with Gasteiger partial charge in [-0.3, -0.25) is 0 Å². The molecule has 2 aromatic rings. The molecule has 0 spiro atoms. The fraction of sp³-hybridized carbons (Fsp3) is 0.333. The van der Waals surface area contributed by atoms with Gasteiger partial charge < -0.3 is 10.5 Å². The van der Waals surface area contributed by atoms with Crippen LogP contribution in [0.15, 0.2) is 30.5 Å². The summed E-state index contributed by atoms with van der Waals surface area (Å²) in [4.78, 5) is 7.97. The maximum absolute atomic E-state index is 12.5. The number of nitrogens with two attached hydrogens (primary N) is 1. The van der Waals surface area contributed by atoms with Gasteiger partial charge in [-0.1, -0.05) is 17.7 Å². The van der Waals surface area contributed by atoms with Crippen LogP contribution in [0.3, 0.4) is 0 Å². The summed E-state index contributed by atoms with van der Waals surface area (Å²) in [6.07, 6.45) is -2.85. The average molecular weight is 344 g/mol. The number of ether oxygens (including phenoxy) is 1. The van der Waals surface area contributed by atoms with Crippen molar-refractivity contribution >= 4 is 11.6 Å². The van der Waals surface area contributed by atoms with Crippen molar-refractivity contribution in [2.24, 2.45) is 5.73 Å². The van der Waals surface area contributed by atoms with E-state index in [1.165, 1.54) is 6.07 Å². The Bertz CT molecular complexity index is 706. The lowest BCUT2D eigenvalue weighted by Crippen LogP contribution is -2.24. The van der Waals surface area contributed by atoms with Crippen LogP contribution in [0.25, 0.3) is 0 Å². The number of nitrogens with zero attached hydrogens (tertiary/aromatic N) is 2. The highest BCUT2D eigenvalue weighted by Crippen LogP contribution is 2.37. The van der Waals surface area contributed by atoms with Crippen molar-refractivity contribution in [3.05, 3.63) is 52.4 Å². The second-order valence-corrected chi connectivity index (χ2v) is 5.67. The molecule has 23 heavy (non-hydrogen) atoms. The first-order chi connectivity index (χ1) is 10.8. The molecule has 2 heterocycles. The maximum atomic E-state index is 12.5. The van der Waals surface area contributed by atoms with Crippen molar-refractivity contribution in [3.63, 3.8) is 0 Å². The molecule has 8 heteroatoms. The first-order valence-corrected chi connectivity index (χ1v) is 7.34. The van der Waals surface area contributed by atoms with Gasteiger partial charge in [-0.2, -0.15) is 13.2 Å². The van der Waals surface area contributed by atoms with E-state index in [0.717, 1.165) is 17.8 Å². The first kappa shape index (κ1) is 16.0. The summed E-state index contributed by atoms with van der Waals surface area (Å²) in [5.41, 5.74) is 6.66. The molecular formula is C15H13ClF3N3O. The SMILES string of the molecule is NC1CCC(Oc2ccc(C(F)(F)F)cn2)c2nc(Cl)ccc21. The number of alkyl halides is 3. The van der Waals surface area contributed by atoms with Crippen LogP contribution in [0.2, 0.25) is 5.15 Å². The van der Waals surface area contributed by atoms with Gasteiger partial charge in [0.2, 0.25) is 5.88 Å². The number of pyridine rings is 2. The van der Waals surface area contributed by atoms with E-state index in [9.17, 15) is 13.2 Å². The Morgan fingerprint density at radius 1 is 1.17 bits per heavy atom. The fourth-order valence-electron chi connectivity index (χ4n) is 2.53. The van der Waals surface area contributed by atoms with Gasteiger partial charge in [0.25, 0.3) is 0 Å². The number of rotatable bonds is 2. The lowest BCUT2D eigenvalue weighted by molar-refractivity contribution is -0.137. The van der Waals surface area contributed by atoms with Gasteiger partial charge in [0.1, 0.15) is 11.3 Å². The van der Waals surface area contributed by atoms with Gasteiger partial charge in [-0.15, -0.1) is 0 Å². The van der Waals surface area contributed by atoms with Crippen LogP contribution < -0.4 is 10.5 Å². The summed E-state index contributed by atoms with van der Waals surface area (Å²) in [6, 6.07) is 5.42. The number of halogens is 4. The van der Waals surface area contributed by atoms with Crippen LogP contribution in [0.4, 0.5) is 13.2 Å². The van der Waals surface area contributed by atoms with E-state index >= 15 is 0 Å². The third-order valence-corrected chi connectivity index (χ3v) is 3.90. The van der Waals surface area contributed by atoms with Crippen molar-refractivity contribution in [3.8, 4) is 5.88 Å². The minimum Gasteiger partial charge on any atom is -0.468 e. The summed E-state index contributed by atoms with van der Waals surface area (Å²) in [6.45, 7) is 0. The molecule has 4 nitrogen and oxygen atoms in total. The Hall–Kier alpha value is -1.86. The van der Waals surface area contributed by atoms with Crippen molar-refractivity contribution in [1.82, 2.24) is 9.97 Å². The van der Waals surface area contributed by atoms with E-state index in [-0.39, 0.29) is 11.9 Å². The van der Waals surface area contributed by atoms with Gasteiger partial charge in [0.05, 0.1) is 11.3 Å². The molecule has 0 saturated heterocycles. The Kier molecular flexibility index (Phi) is 4.16. The van der Waals surface area contributed by atoms with E-state index in [1.54, 1.807) is 12.1 Å². The molecule has 1 aliphatic carbocycles. The standard InChI is InChI=1S/C15H13ClF3N3O/c16-12-5-2-9-10(20)3-4-11(14(9)22-12)23-13-6-1-8(7-21-13)15(17,18)19/h1-2,5-7,10-11H,3-4,20H2. The van der Waals surface area contributed by atoms with Gasteiger partial charge >= 0.3 is 6.18 Å². The maximum Gasteiger partial charge on any atom is 0.417 e. The highest BCUT2D eigenvalue weighted by atomic mass is 35.5. The molecule has 2 aromatic heterocycles. The lowest BCUT2D eigenvalue weighted by atomic mass is 9.90. The van der Waals surface area contributed by atoms with Crippen LogP contribution in [-0.4, -0.2) is 9.97 Å². The highest BCUT2D eigenvalue weighted by molar-refractivity contribution is 6.29. The molecule has 2 N–H and O–H groups in total. The largest absolute Gasteiger partial charge is 0.468 e. The Labute approximate surface area is 135 Å². The minimum atomic E-state index is -4.43. The number of fused-ring (bicyclic) bond motifs is 1. The second-order valence-electron chi connectivity index (χ2n) is 5.28. The Morgan fingerprint density at radius 3 is 2.61 bits per heavy atom. The summed E-state index contributed by atoms with van der Waals surface area (Å²) >= 11 is 5.92. The average Bonchev–Trinajstić information content (AvgIpc) is 2.50. The quantitative estimate of drug-likeness (QED) is 0.835. The number of aromatic nitrogens is 2. The monoisotopic (exact) mass is 343 g/mol. The van der Waals surface area contributed by atoms with Crippen LogP contribution in [0, 0.1) is 0 Å². The molecule has 0 saturated carbocycles. The third kappa shape index (κ3) is 3.40. The van der Waals surface area contributed by atoms with Crippen molar-refractivity contribution in [2.75, 3.05) is 0 Å². The molecule has 3 rings (SSSR count). The highest BCUT2D eigenvalue weighted by Gasteiger charge is 2.32. The van der Waals surface area contributed by atoms with Gasteiger partial charge in [-0.05, 0) is 30.5 Å². The van der Waals surface area contributed by atoms with Gasteiger partial charge in [-0.25, -0.2) is 9.97 Å². The topological polar surface area (TPSA) is 61.0 Å². The second kappa shape index (κ2) is 5.98. The minimum absolute atomic E-state index is 0.103. The molecule has 2 atom stereocenters. The molecule has 122 valence electrons. The number of hydrogen-bond acceptors (Lipinski definition) is 4. The molecule has 0 amide bonds. The zero-order valence-electron chi connectivity index (χ0n) is 11.8. The van der Waals surface area contributed by atoms with E-state index in [0.29, 0.717) is 23.7 Å².